The van der Waals surface area contributed by atoms with Crippen molar-refractivity contribution in [3.63, 3.8) is 0 Å². The van der Waals surface area contributed by atoms with E-state index in [1.807, 2.05) is 26.3 Å². The van der Waals surface area contributed by atoms with Gasteiger partial charge in [-0.05, 0) is 51.4 Å². The van der Waals surface area contributed by atoms with E-state index in [1.165, 1.54) is 23.5 Å². The zero-order valence-corrected chi connectivity index (χ0v) is 19.7. The summed E-state index contributed by atoms with van der Waals surface area (Å²) in [6.07, 6.45) is -2.41. The Balaban J connectivity index is 1.27. The standard InChI is InChI=1S/C23H24F3N3OS2/c1-13-22(32-14(2)27-13)19-12-31-21(28-19)10-20(30)16-8-18(9-16)29(3)11-15-4-6-17(7-5-15)23(24,25)26/h4-7,12,16,18H,8-11H2,1-3H3. The number of aromatic nitrogens is 2. The van der Waals surface area contributed by atoms with Gasteiger partial charge in [-0.2, -0.15) is 13.2 Å². The van der Waals surface area contributed by atoms with Crippen LogP contribution < -0.4 is 0 Å². The lowest BCUT2D eigenvalue weighted by Gasteiger charge is -2.40. The molecule has 1 aliphatic carbocycles. The predicted molar refractivity (Wildman–Crippen MR) is 121 cm³/mol. The number of rotatable bonds is 7. The Labute approximate surface area is 193 Å². The van der Waals surface area contributed by atoms with E-state index in [1.54, 1.807) is 11.3 Å². The average molecular weight is 480 g/mol. The number of benzene rings is 1. The molecule has 0 saturated heterocycles. The minimum atomic E-state index is -4.32. The van der Waals surface area contributed by atoms with Gasteiger partial charge in [0.2, 0.25) is 0 Å². The van der Waals surface area contributed by atoms with E-state index in [0.717, 1.165) is 56.8 Å². The highest BCUT2D eigenvalue weighted by molar-refractivity contribution is 7.16. The Morgan fingerprint density at radius 3 is 2.44 bits per heavy atom. The van der Waals surface area contributed by atoms with E-state index in [9.17, 15) is 18.0 Å². The van der Waals surface area contributed by atoms with Crippen LogP contribution in [0.3, 0.4) is 0 Å². The zero-order chi connectivity index (χ0) is 23.0. The first kappa shape index (κ1) is 23.1. The lowest BCUT2D eigenvalue weighted by Crippen LogP contribution is -2.45. The third-order valence-electron chi connectivity index (χ3n) is 5.92. The highest BCUT2D eigenvalue weighted by Crippen LogP contribution is 2.35. The molecule has 2 heterocycles. The van der Waals surface area contributed by atoms with Crippen LogP contribution in [0, 0.1) is 19.8 Å². The molecular weight excluding hydrogens is 455 g/mol. The van der Waals surface area contributed by atoms with Gasteiger partial charge < -0.3 is 0 Å². The fourth-order valence-electron chi connectivity index (χ4n) is 3.99. The predicted octanol–water partition coefficient (Wildman–Crippen LogP) is 5.92. The van der Waals surface area contributed by atoms with Crippen molar-refractivity contribution < 1.29 is 18.0 Å². The Kier molecular flexibility index (Phi) is 6.51. The molecule has 0 unspecified atom stereocenters. The van der Waals surface area contributed by atoms with Gasteiger partial charge in [-0.25, -0.2) is 9.97 Å². The first-order valence-corrected chi connectivity index (χ1v) is 12.1. The molecular formula is C23H24F3N3OS2. The van der Waals surface area contributed by atoms with Crippen molar-refractivity contribution in [1.29, 1.82) is 0 Å². The van der Waals surface area contributed by atoms with Gasteiger partial charge in [-0.3, -0.25) is 9.69 Å². The van der Waals surface area contributed by atoms with Gasteiger partial charge in [0.05, 0.1) is 33.3 Å². The van der Waals surface area contributed by atoms with Crippen molar-refractivity contribution in [3.05, 3.63) is 56.5 Å². The first-order chi connectivity index (χ1) is 15.1. The van der Waals surface area contributed by atoms with E-state index in [0.29, 0.717) is 13.0 Å². The van der Waals surface area contributed by atoms with Crippen molar-refractivity contribution >= 4 is 28.5 Å². The maximum atomic E-state index is 12.7. The van der Waals surface area contributed by atoms with E-state index in [-0.39, 0.29) is 17.7 Å². The molecule has 0 radical (unpaired) electrons. The highest BCUT2D eigenvalue weighted by atomic mass is 32.1. The molecule has 9 heteroatoms. The molecule has 4 nitrogen and oxygen atoms in total. The third kappa shape index (κ3) is 5.10. The second-order valence-corrected chi connectivity index (χ2v) is 10.5. The summed E-state index contributed by atoms with van der Waals surface area (Å²) < 4.78 is 38.1. The maximum absolute atomic E-state index is 12.7. The van der Waals surface area contributed by atoms with Crippen molar-refractivity contribution in [2.75, 3.05) is 7.05 Å². The normalized spacial score (nSPS) is 18.7. The molecule has 0 amide bonds. The number of hydrogen-bond acceptors (Lipinski definition) is 6. The van der Waals surface area contributed by atoms with Crippen LogP contribution in [0.1, 0.15) is 39.7 Å². The molecule has 0 aliphatic heterocycles. The third-order valence-corrected chi connectivity index (χ3v) is 7.86. The fraction of sp³-hybridized carbons (Fsp3) is 0.435. The molecule has 0 N–H and O–H groups in total. The Hall–Kier alpha value is -2.10. The van der Waals surface area contributed by atoms with Gasteiger partial charge in [0, 0.05) is 23.9 Å². The monoisotopic (exact) mass is 479 g/mol. The highest BCUT2D eigenvalue weighted by Gasteiger charge is 2.37. The number of Topliss-reactive ketones (excluding diaryl/α,β-unsaturated/α-hetero) is 1. The topological polar surface area (TPSA) is 46.1 Å². The van der Waals surface area contributed by atoms with Crippen molar-refractivity contribution in [2.24, 2.45) is 5.92 Å². The molecule has 0 bridgehead atoms. The Morgan fingerprint density at radius 2 is 1.84 bits per heavy atom. The molecule has 0 spiro atoms. The summed E-state index contributed by atoms with van der Waals surface area (Å²) in [5, 5.41) is 3.82. The molecule has 1 fully saturated rings. The summed E-state index contributed by atoms with van der Waals surface area (Å²) in [7, 11) is 1.95. The number of hydrogen-bond donors (Lipinski definition) is 0. The molecule has 32 heavy (non-hydrogen) atoms. The van der Waals surface area contributed by atoms with E-state index in [4.69, 9.17) is 0 Å². The minimum Gasteiger partial charge on any atom is -0.299 e. The summed E-state index contributed by atoms with van der Waals surface area (Å²) >= 11 is 3.13. The summed E-state index contributed by atoms with van der Waals surface area (Å²) in [6.45, 7) is 4.51. The number of ketones is 1. The van der Waals surface area contributed by atoms with Gasteiger partial charge in [0.25, 0.3) is 0 Å². The van der Waals surface area contributed by atoms with Crippen LogP contribution in [-0.4, -0.2) is 33.7 Å². The Bertz CT molecular complexity index is 1100. The molecule has 1 aliphatic rings. The smallest absolute Gasteiger partial charge is 0.299 e. The van der Waals surface area contributed by atoms with Gasteiger partial charge in [0.1, 0.15) is 10.8 Å². The molecule has 1 saturated carbocycles. The largest absolute Gasteiger partial charge is 0.416 e. The number of carbonyl (C=O) groups is 1. The van der Waals surface area contributed by atoms with Crippen molar-refractivity contribution in [2.45, 2.75) is 51.9 Å². The summed E-state index contributed by atoms with van der Waals surface area (Å²) in [5.74, 6) is 0.233. The molecule has 0 atom stereocenters. The van der Waals surface area contributed by atoms with Crippen LogP contribution >= 0.6 is 22.7 Å². The van der Waals surface area contributed by atoms with Gasteiger partial charge in [0.15, 0.2) is 0 Å². The Morgan fingerprint density at radius 1 is 1.16 bits per heavy atom. The molecule has 170 valence electrons. The first-order valence-electron chi connectivity index (χ1n) is 10.4. The number of alkyl halides is 3. The summed E-state index contributed by atoms with van der Waals surface area (Å²) in [4.78, 5) is 25.0. The van der Waals surface area contributed by atoms with Gasteiger partial charge >= 0.3 is 6.18 Å². The van der Waals surface area contributed by atoms with Crippen molar-refractivity contribution in [3.8, 4) is 10.6 Å². The summed E-state index contributed by atoms with van der Waals surface area (Å²) in [6, 6.07) is 5.54. The van der Waals surface area contributed by atoms with Crippen LogP contribution in [-0.2, 0) is 23.9 Å². The lowest BCUT2D eigenvalue weighted by molar-refractivity contribution is -0.137. The summed E-state index contributed by atoms with van der Waals surface area (Å²) in [5.41, 5.74) is 2.06. The number of thiazole rings is 2. The number of nitrogens with zero attached hydrogens (tertiary/aromatic N) is 3. The van der Waals surface area contributed by atoms with E-state index >= 15 is 0 Å². The van der Waals surface area contributed by atoms with E-state index in [2.05, 4.69) is 14.9 Å². The number of aryl methyl sites for hydroxylation is 2. The molecule has 3 aromatic rings. The van der Waals surface area contributed by atoms with Crippen LogP contribution in [0.25, 0.3) is 10.6 Å². The second-order valence-electron chi connectivity index (χ2n) is 8.35. The fourth-order valence-corrected chi connectivity index (χ4v) is 5.74. The molecule has 2 aromatic heterocycles. The van der Waals surface area contributed by atoms with Crippen LogP contribution in [0.5, 0.6) is 0 Å². The van der Waals surface area contributed by atoms with Crippen molar-refractivity contribution in [1.82, 2.24) is 14.9 Å². The van der Waals surface area contributed by atoms with Gasteiger partial charge in [-0.1, -0.05) is 12.1 Å². The average Bonchev–Trinajstić information content (AvgIpc) is 3.25. The van der Waals surface area contributed by atoms with Crippen LogP contribution in [0.15, 0.2) is 29.6 Å². The van der Waals surface area contributed by atoms with Crippen LogP contribution in [0.2, 0.25) is 0 Å². The second kappa shape index (κ2) is 9.03. The quantitative estimate of drug-likeness (QED) is 0.422. The SMILES string of the molecule is Cc1nc(C)c(-c2csc(CC(=O)C3CC(N(C)Cc4ccc(C(F)(F)F)cc4)C3)n2)s1. The maximum Gasteiger partial charge on any atom is 0.416 e. The molecule has 1 aromatic carbocycles. The lowest BCUT2D eigenvalue weighted by atomic mass is 9.76. The van der Waals surface area contributed by atoms with Gasteiger partial charge in [-0.15, -0.1) is 22.7 Å². The zero-order valence-electron chi connectivity index (χ0n) is 18.1. The van der Waals surface area contributed by atoms with Crippen LogP contribution in [0.4, 0.5) is 13.2 Å². The van der Waals surface area contributed by atoms with E-state index < -0.39 is 11.7 Å². The number of carbonyl (C=O) groups excluding carboxylic acids is 1. The number of halogens is 3. The molecule has 4 rings (SSSR count). The minimum absolute atomic E-state index is 0.0230.